The number of rotatable bonds is 4. The van der Waals surface area contributed by atoms with Gasteiger partial charge < -0.3 is 14.6 Å². The SMILES string of the molecule is CCNC1CCN(Cc2ccc(C)o2)C1=O. The van der Waals surface area contributed by atoms with Gasteiger partial charge in [-0.3, -0.25) is 4.79 Å². The number of carbonyl (C=O) groups excluding carboxylic acids is 1. The molecule has 1 fully saturated rings. The molecule has 16 heavy (non-hydrogen) atoms. The summed E-state index contributed by atoms with van der Waals surface area (Å²) in [4.78, 5) is 13.8. The molecule has 1 unspecified atom stereocenters. The van der Waals surface area contributed by atoms with E-state index in [4.69, 9.17) is 4.42 Å². The van der Waals surface area contributed by atoms with Crippen molar-refractivity contribution in [2.75, 3.05) is 13.1 Å². The molecular formula is C12H18N2O2. The van der Waals surface area contributed by atoms with E-state index in [2.05, 4.69) is 5.32 Å². The zero-order valence-electron chi connectivity index (χ0n) is 9.82. The van der Waals surface area contributed by atoms with Crippen molar-refractivity contribution >= 4 is 5.91 Å². The van der Waals surface area contributed by atoms with Gasteiger partial charge in [-0.1, -0.05) is 6.92 Å². The number of carbonyl (C=O) groups is 1. The van der Waals surface area contributed by atoms with E-state index in [-0.39, 0.29) is 11.9 Å². The highest BCUT2D eigenvalue weighted by Crippen LogP contribution is 2.16. The van der Waals surface area contributed by atoms with Gasteiger partial charge >= 0.3 is 0 Å². The maximum Gasteiger partial charge on any atom is 0.240 e. The average Bonchev–Trinajstić information content (AvgIpc) is 2.80. The van der Waals surface area contributed by atoms with Gasteiger partial charge in [0, 0.05) is 6.54 Å². The Morgan fingerprint density at radius 3 is 3.00 bits per heavy atom. The number of likely N-dealkylation sites (N-methyl/N-ethyl adjacent to an activating group) is 1. The fourth-order valence-corrected chi connectivity index (χ4v) is 2.09. The van der Waals surface area contributed by atoms with Crippen LogP contribution in [0.4, 0.5) is 0 Å². The first-order valence-electron chi connectivity index (χ1n) is 5.78. The number of amides is 1. The molecular weight excluding hydrogens is 204 g/mol. The highest BCUT2D eigenvalue weighted by Gasteiger charge is 2.31. The second kappa shape index (κ2) is 4.70. The molecule has 4 nitrogen and oxygen atoms in total. The molecule has 1 aliphatic heterocycles. The van der Waals surface area contributed by atoms with E-state index in [9.17, 15) is 4.79 Å². The van der Waals surface area contributed by atoms with Gasteiger partial charge in [0.25, 0.3) is 0 Å². The van der Waals surface area contributed by atoms with Gasteiger partial charge in [0.05, 0.1) is 12.6 Å². The predicted octanol–water partition coefficient (Wildman–Crippen LogP) is 1.30. The van der Waals surface area contributed by atoms with Gasteiger partial charge in [0.2, 0.25) is 5.91 Å². The fourth-order valence-electron chi connectivity index (χ4n) is 2.09. The van der Waals surface area contributed by atoms with Crippen LogP contribution in [0.1, 0.15) is 24.9 Å². The third-order valence-corrected chi connectivity index (χ3v) is 2.89. The Balaban J connectivity index is 1.94. The Morgan fingerprint density at radius 1 is 1.56 bits per heavy atom. The standard InChI is InChI=1S/C12H18N2O2/c1-3-13-11-6-7-14(12(11)15)8-10-5-4-9(2)16-10/h4-5,11,13H,3,6-8H2,1-2H3. The Labute approximate surface area is 95.6 Å². The Hall–Kier alpha value is -1.29. The van der Waals surface area contributed by atoms with Crippen LogP contribution in [0.25, 0.3) is 0 Å². The molecule has 1 saturated heterocycles. The summed E-state index contributed by atoms with van der Waals surface area (Å²) in [6.45, 7) is 6.18. The lowest BCUT2D eigenvalue weighted by Gasteiger charge is -2.15. The summed E-state index contributed by atoms with van der Waals surface area (Å²) in [5, 5.41) is 3.19. The molecule has 0 aromatic carbocycles. The zero-order valence-corrected chi connectivity index (χ0v) is 9.82. The topological polar surface area (TPSA) is 45.5 Å². The minimum atomic E-state index is 0.000981. The Morgan fingerprint density at radius 2 is 2.38 bits per heavy atom. The van der Waals surface area contributed by atoms with Crippen LogP contribution in [0.3, 0.4) is 0 Å². The van der Waals surface area contributed by atoms with Gasteiger partial charge in [0.1, 0.15) is 11.5 Å². The van der Waals surface area contributed by atoms with Crippen LogP contribution in [-0.2, 0) is 11.3 Å². The fraction of sp³-hybridized carbons (Fsp3) is 0.583. The minimum Gasteiger partial charge on any atom is -0.464 e. The molecule has 1 atom stereocenters. The maximum atomic E-state index is 11.9. The largest absolute Gasteiger partial charge is 0.464 e. The van der Waals surface area contributed by atoms with Gasteiger partial charge in [-0.25, -0.2) is 0 Å². The molecule has 0 aliphatic carbocycles. The van der Waals surface area contributed by atoms with E-state index in [1.807, 2.05) is 30.9 Å². The van der Waals surface area contributed by atoms with Crippen molar-refractivity contribution in [3.8, 4) is 0 Å². The molecule has 1 aromatic heterocycles. The second-order valence-corrected chi connectivity index (χ2v) is 4.17. The highest BCUT2D eigenvalue weighted by molar-refractivity contribution is 5.83. The molecule has 4 heteroatoms. The monoisotopic (exact) mass is 222 g/mol. The summed E-state index contributed by atoms with van der Waals surface area (Å²) in [6, 6.07) is 3.86. The number of hydrogen-bond donors (Lipinski definition) is 1. The van der Waals surface area contributed by atoms with Gasteiger partial charge in [-0.15, -0.1) is 0 Å². The zero-order chi connectivity index (χ0) is 11.5. The van der Waals surface area contributed by atoms with E-state index < -0.39 is 0 Å². The molecule has 2 heterocycles. The van der Waals surface area contributed by atoms with Crippen LogP contribution in [0.2, 0.25) is 0 Å². The van der Waals surface area contributed by atoms with Crippen molar-refractivity contribution in [1.82, 2.24) is 10.2 Å². The first kappa shape index (κ1) is 11.2. The normalized spacial score (nSPS) is 20.8. The summed E-state index contributed by atoms with van der Waals surface area (Å²) in [5.74, 6) is 1.95. The van der Waals surface area contributed by atoms with Crippen molar-refractivity contribution in [3.63, 3.8) is 0 Å². The average molecular weight is 222 g/mol. The first-order valence-corrected chi connectivity index (χ1v) is 5.78. The lowest BCUT2D eigenvalue weighted by atomic mass is 10.2. The number of furan rings is 1. The Bertz CT molecular complexity index is 373. The minimum absolute atomic E-state index is 0.000981. The number of hydrogen-bond acceptors (Lipinski definition) is 3. The van der Waals surface area contributed by atoms with Crippen molar-refractivity contribution < 1.29 is 9.21 Å². The first-order chi connectivity index (χ1) is 7.70. The number of nitrogens with zero attached hydrogens (tertiary/aromatic N) is 1. The molecule has 1 N–H and O–H groups in total. The van der Waals surface area contributed by atoms with Crippen molar-refractivity contribution in [2.24, 2.45) is 0 Å². The molecule has 1 amide bonds. The second-order valence-electron chi connectivity index (χ2n) is 4.17. The van der Waals surface area contributed by atoms with Crippen molar-refractivity contribution in [1.29, 1.82) is 0 Å². The lowest BCUT2D eigenvalue weighted by molar-refractivity contribution is -0.130. The maximum absolute atomic E-state index is 11.9. The molecule has 1 aliphatic rings. The summed E-state index contributed by atoms with van der Waals surface area (Å²) < 4.78 is 5.47. The summed E-state index contributed by atoms with van der Waals surface area (Å²) in [6.07, 6.45) is 0.895. The van der Waals surface area contributed by atoms with Gasteiger partial charge in [-0.05, 0) is 32.0 Å². The molecule has 0 bridgehead atoms. The van der Waals surface area contributed by atoms with Crippen LogP contribution in [-0.4, -0.2) is 29.9 Å². The predicted molar refractivity (Wildman–Crippen MR) is 60.9 cm³/mol. The summed E-state index contributed by atoms with van der Waals surface area (Å²) in [7, 11) is 0. The smallest absolute Gasteiger partial charge is 0.240 e. The molecule has 2 rings (SSSR count). The molecule has 88 valence electrons. The number of nitrogens with one attached hydrogen (secondary N) is 1. The van der Waals surface area contributed by atoms with E-state index in [0.717, 1.165) is 31.0 Å². The third kappa shape index (κ3) is 2.27. The van der Waals surface area contributed by atoms with Crippen LogP contribution >= 0.6 is 0 Å². The van der Waals surface area contributed by atoms with Crippen LogP contribution < -0.4 is 5.32 Å². The van der Waals surface area contributed by atoms with Crippen LogP contribution in [0, 0.1) is 6.92 Å². The van der Waals surface area contributed by atoms with E-state index >= 15 is 0 Å². The lowest BCUT2D eigenvalue weighted by Crippen LogP contribution is -2.37. The third-order valence-electron chi connectivity index (χ3n) is 2.89. The summed E-state index contributed by atoms with van der Waals surface area (Å²) in [5.41, 5.74) is 0. The van der Waals surface area contributed by atoms with Crippen molar-refractivity contribution in [3.05, 3.63) is 23.7 Å². The van der Waals surface area contributed by atoms with E-state index in [1.54, 1.807) is 0 Å². The Kier molecular flexibility index (Phi) is 3.29. The van der Waals surface area contributed by atoms with Crippen LogP contribution in [0.15, 0.2) is 16.5 Å². The quantitative estimate of drug-likeness (QED) is 0.835. The molecule has 0 radical (unpaired) electrons. The van der Waals surface area contributed by atoms with E-state index in [0.29, 0.717) is 6.54 Å². The molecule has 1 aromatic rings. The van der Waals surface area contributed by atoms with Gasteiger partial charge in [-0.2, -0.15) is 0 Å². The summed E-state index contributed by atoms with van der Waals surface area (Å²) >= 11 is 0. The highest BCUT2D eigenvalue weighted by atomic mass is 16.3. The molecule has 0 spiro atoms. The number of likely N-dealkylation sites (tertiary alicyclic amines) is 1. The van der Waals surface area contributed by atoms with Crippen LogP contribution in [0.5, 0.6) is 0 Å². The molecule has 0 saturated carbocycles. The van der Waals surface area contributed by atoms with Gasteiger partial charge in [0.15, 0.2) is 0 Å². The van der Waals surface area contributed by atoms with Crippen molar-refractivity contribution in [2.45, 2.75) is 32.9 Å². The van der Waals surface area contributed by atoms with E-state index in [1.165, 1.54) is 0 Å². The number of aryl methyl sites for hydroxylation is 1.